The highest BCUT2D eigenvalue weighted by Gasteiger charge is 2.06. The second-order valence-electron chi connectivity index (χ2n) is 2.69. The zero-order valence-electron chi connectivity index (χ0n) is 6.90. The van der Waals surface area contributed by atoms with Crippen molar-refractivity contribution in [3.05, 3.63) is 28.4 Å². The van der Waals surface area contributed by atoms with Crippen molar-refractivity contribution in [2.45, 2.75) is 0 Å². The largest absolute Gasteiger partial charge is 0.495 e. The first-order valence-electron chi connectivity index (χ1n) is 3.72. The van der Waals surface area contributed by atoms with Gasteiger partial charge in [0.05, 0.1) is 12.6 Å². The standard InChI is InChI=1S/C9H7Cl2NO/c1-13-7-4-6(10)2-5-3-8(11)12-9(5)7/h2-4,12H,1H3. The van der Waals surface area contributed by atoms with Crippen LogP contribution in [0.5, 0.6) is 5.75 Å². The van der Waals surface area contributed by atoms with Gasteiger partial charge in [0.2, 0.25) is 0 Å². The summed E-state index contributed by atoms with van der Waals surface area (Å²) in [5.74, 6) is 0.703. The van der Waals surface area contributed by atoms with E-state index in [4.69, 9.17) is 27.9 Å². The molecule has 1 aromatic heterocycles. The first-order valence-corrected chi connectivity index (χ1v) is 4.48. The van der Waals surface area contributed by atoms with Gasteiger partial charge in [-0.05, 0) is 12.1 Å². The molecule has 0 fully saturated rings. The van der Waals surface area contributed by atoms with E-state index in [0.29, 0.717) is 15.9 Å². The van der Waals surface area contributed by atoms with Crippen LogP contribution in [0.1, 0.15) is 0 Å². The molecule has 0 radical (unpaired) electrons. The number of rotatable bonds is 1. The van der Waals surface area contributed by atoms with E-state index in [-0.39, 0.29) is 0 Å². The molecule has 4 heteroatoms. The Kier molecular flexibility index (Phi) is 2.10. The molecule has 0 saturated carbocycles. The average molecular weight is 216 g/mol. The second-order valence-corrected chi connectivity index (χ2v) is 3.53. The van der Waals surface area contributed by atoms with Crippen molar-refractivity contribution in [2.24, 2.45) is 0 Å². The molecule has 0 amide bonds. The molecule has 1 heterocycles. The zero-order chi connectivity index (χ0) is 9.42. The van der Waals surface area contributed by atoms with Crippen molar-refractivity contribution >= 4 is 34.1 Å². The minimum Gasteiger partial charge on any atom is -0.495 e. The molecule has 0 saturated heterocycles. The molecule has 1 N–H and O–H groups in total. The molecular formula is C9H7Cl2NO. The predicted octanol–water partition coefficient (Wildman–Crippen LogP) is 3.48. The molecule has 1 aromatic carbocycles. The SMILES string of the molecule is COc1cc(Cl)cc2cc(Cl)[nH]c12. The van der Waals surface area contributed by atoms with E-state index in [2.05, 4.69) is 4.98 Å². The molecule has 0 aliphatic heterocycles. The van der Waals surface area contributed by atoms with Crippen molar-refractivity contribution in [3.8, 4) is 5.75 Å². The number of aromatic amines is 1. The van der Waals surface area contributed by atoms with Crippen molar-refractivity contribution < 1.29 is 4.74 Å². The molecule has 2 rings (SSSR count). The molecule has 2 nitrogen and oxygen atoms in total. The lowest BCUT2D eigenvalue weighted by Crippen LogP contribution is -1.83. The van der Waals surface area contributed by atoms with Gasteiger partial charge in [0, 0.05) is 16.5 Å². The Balaban J connectivity index is 2.80. The van der Waals surface area contributed by atoms with Gasteiger partial charge in [-0.15, -0.1) is 0 Å². The van der Waals surface area contributed by atoms with Crippen LogP contribution in [0.3, 0.4) is 0 Å². The minimum atomic E-state index is 0.579. The van der Waals surface area contributed by atoms with Gasteiger partial charge in [-0.3, -0.25) is 0 Å². The second kappa shape index (κ2) is 3.13. The van der Waals surface area contributed by atoms with Gasteiger partial charge >= 0.3 is 0 Å². The van der Waals surface area contributed by atoms with Gasteiger partial charge in [0.15, 0.2) is 0 Å². The average Bonchev–Trinajstić information content (AvgIpc) is 2.43. The summed E-state index contributed by atoms with van der Waals surface area (Å²) in [7, 11) is 1.60. The third-order valence-electron chi connectivity index (χ3n) is 1.84. The Morgan fingerprint density at radius 1 is 1.23 bits per heavy atom. The van der Waals surface area contributed by atoms with Crippen LogP contribution >= 0.6 is 23.2 Å². The topological polar surface area (TPSA) is 25.0 Å². The number of H-pyrrole nitrogens is 1. The van der Waals surface area contributed by atoms with E-state index in [1.807, 2.05) is 12.1 Å². The fourth-order valence-corrected chi connectivity index (χ4v) is 1.73. The maximum absolute atomic E-state index is 5.87. The van der Waals surface area contributed by atoms with E-state index < -0.39 is 0 Å². The van der Waals surface area contributed by atoms with Crippen molar-refractivity contribution in [1.82, 2.24) is 4.98 Å². The van der Waals surface area contributed by atoms with Crippen LogP contribution in [0, 0.1) is 0 Å². The third kappa shape index (κ3) is 1.47. The van der Waals surface area contributed by atoms with Gasteiger partial charge in [0.1, 0.15) is 10.9 Å². The Hall–Kier alpha value is -0.860. The summed E-state index contributed by atoms with van der Waals surface area (Å²) < 4.78 is 5.15. The first-order chi connectivity index (χ1) is 6.20. The molecule has 0 aliphatic carbocycles. The van der Waals surface area contributed by atoms with Crippen LogP contribution in [0.4, 0.5) is 0 Å². The zero-order valence-corrected chi connectivity index (χ0v) is 8.41. The Bertz CT molecular complexity index is 450. The number of halogens is 2. The quantitative estimate of drug-likeness (QED) is 0.775. The highest BCUT2D eigenvalue weighted by molar-refractivity contribution is 6.32. The molecule has 0 spiro atoms. The van der Waals surface area contributed by atoms with E-state index in [1.165, 1.54) is 0 Å². The summed E-state index contributed by atoms with van der Waals surface area (Å²) >= 11 is 11.7. The first kappa shape index (κ1) is 8.73. The normalized spacial score (nSPS) is 10.7. The molecule has 13 heavy (non-hydrogen) atoms. The molecule has 0 bridgehead atoms. The van der Waals surface area contributed by atoms with E-state index in [9.17, 15) is 0 Å². The Labute approximate surface area is 85.4 Å². The molecule has 0 atom stereocenters. The van der Waals surface area contributed by atoms with Crippen molar-refractivity contribution in [1.29, 1.82) is 0 Å². The lowest BCUT2D eigenvalue weighted by Gasteiger charge is -2.01. The number of benzene rings is 1. The lowest BCUT2D eigenvalue weighted by molar-refractivity contribution is 0.419. The molecular weight excluding hydrogens is 209 g/mol. The minimum absolute atomic E-state index is 0.579. The number of fused-ring (bicyclic) bond motifs is 1. The van der Waals surface area contributed by atoms with Crippen LogP contribution in [-0.2, 0) is 0 Å². The van der Waals surface area contributed by atoms with Crippen LogP contribution in [0.2, 0.25) is 10.2 Å². The van der Waals surface area contributed by atoms with Gasteiger partial charge in [-0.1, -0.05) is 23.2 Å². The number of hydrogen-bond donors (Lipinski definition) is 1. The molecule has 2 aromatic rings. The number of hydrogen-bond acceptors (Lipinski definition) is 1. The summed E-state index contributed by atoms with van der Waals surface area (Å²) in [6.45, 7) is 0. The van der Waals surface area contributed by atoms with Crippen molar-refractivity contribution in [3.63, 3.8) is 0 Å². The van der Waals surface area contributed by atoms with E-state index in [1.54, 1.807) is 13.2 Å². The summed E-state index contributed by atoms with van der Waals surface area (Å²) in [6.07, 6.45) is 0. The monoisotopic (exact) mass is 215 g/mol. The van der Waals surface area contributed by atoms with E-state index >= 15 is 0 Å². The lowest BCUT2D eigenvalue weighted by atomic mass is 10.2. The van der Waals surface area contributed by atoms with Gasteiger partial charge < -0.3 is 9.72 Å². The van der Waals surface area contributed by atoms with Crippen LogP contribution < -0.4 is 4.74 Å². The van der Waals surface area contributed by atoms with Gasteiger partial charge in [0.25, 0.3) is 0 Å². The summed E-state index contributed by atoms with van der Waals surface area (Å²) in [5, 5.41) is 2.17. The smallest absolute Gasteiger partial charge is 0.144 e. The maximum atomic E-state index is 5.87. The summed E-state index contributed by atoms with van der Waals surface area (Å²) in [6, 6.07) is 5.39. The maximum Gasteiger partial charge on any atom is 0.144 e. The van der Waals surface area contributed by atoms with Gasteiger partial charge in [-0.2, -0.15) is 0 Å². The Morgan fingerprint density at radius 3 is 2.69 bits per heavy atom. The highest BCUT2D eigenvalue weighted by Crippen LogP contribution is 2.30. The molecule has 0 unspecified atom stereocenters. The number of nitrogens with one attached hydrogen (secondary N) is 1. The number of ether oxygens (including phenoxy) is 1. The molecule has 0 aliphatic rings. The fourth-order valence-electron chi connectivity index (χ4n) is 1.30. The van der Waals surface area contributed by atoms with E-state index in [0.717, 1.165) is 10.9 Å². The Morgan fingerprint density at radius 2 is 2.00 bits per heavy atom. The van der Waals surface area contributed by atoms with Crippen LogP contribution in [-0.4, -0.2) is 12.1 Å². The predicted molar refractivity (Wildman–Crippen MR) is 54.9 cm³/mol. The number of aromatic nitrogens is 1. The third-order valence-corrected chi connectivity index (χ3v) is 2.27. The van der Waals surface area contributed by atoms with Crippen LogP contribution in [0.15, 0.2) is 18.2 Å². The summed E-state index contributed by atoms with van der Waals surface area (Å²) in [4.78, 5) is 2.99. The molecule has 68 valence electrons. The number of methoxy groups -OCH3 is 1. The van der Waals surface area contributed by atoms with Gasteiger partial charge in [-0.25, -0.2) is 0 Å². The van der Waals surface area contributed by atoms with Crippen molar-refractivity contribution in [2.75, 3.05) is 7.11 Å². The van der Waals surface area contributed by atoms with Crippen LogP contribution in [0.25, 0.3) is 10.9 Å². The highest BCUT2D eigenvalue weighted by atomic mass is 35.5. The summed E-state index contributed by atoms with van der Waals surface area (Å²) in [5.41, 5.74) is 0.872. The fraction of sp³-hybridized carbons (Fsp3) is 0.111.